The molecular formula is C49H34O. The van der Waals surface area contributed by atoms with Crippen molar-refractivity contribution in [2.24, 2.45) is 0 Å². The summed E-state index contributed by atoms with van der Waals surface area (Å²) < 4.78 is 6.45. The largest absolute Gasteiger partial charge is 0.455 e. The average molecular weight is 639 g/mol. The molecular weight excluding hydrogens is 605 g/mol. The first-order valence-corrected chi connectivity index (χ1v) is 17.2. The monoisotopic (exact) mass is 638 g/mol. The Hall–Kier alpha value is -6.44. The molecule has 50 heavy (non-hydrogen) atoms. The van der Waals surface area contributed by atoms with Gasteiger partial charge in [-0.3, -0.25) is 0 Å². The Morgan fingerprint density at radius 1 is 0.460 bits per heavy atom. The second-order valence-corrected chi connectivity index (χ2v) is 12.8. The Kier molecular flexibility index (Phi) is 7.25. The van der Waals surface area contributed by atoms with Crippen LogP contribution in [-0.2, 0) is 0 Å². The van der Waals surface area contributed by atoms with Gasteiger partial charge in [0.25, 0.3) is 0 Å². The minimum atomic E-state index is 0.908. The summed E-state index contributed by atoms with van der Waals surface area (Å²) in [6, 6.07) is 56.7. The summed E-state index contributed by atoms with van der Waals surface area (Å²) in [5, 5.41) is 9.56. The van der Waals surface area contributed by atoms with E-state index in [2.05, 4.69) is 171 Å². The lowest BCUT2D eigenvalue weighted by molar-refractivity contribution is 0.670. The molecule has 1 aromatic heterocycles. The van der Waals surface area contributed by atoms with Gasteiger partial charge in [-0.1, -0.05) is 164 Å². The van der Waals surface area contributed by atoms with Gasteiger partial charge in [0.2, 0.25) is 0 Å². The van der Waals surface area contributed by atoms with Crippen LogP contribution in [-0.4, -0.2) is 0 Å². The van der Waals surface area contributed by atoms with E-state index in [1.165, 1.54) is 59.8 Å². The zero-order chi connectivity index (χ0) is 33.6. The third-order valence-corrected chi connectivity index (χ3v) is 9.99. The summed E-state index contributed by atoms with van der Waals surface area (Å²) in [5.74, 6) is 0. The SMILES string of the molecule is C=C/C=c1/c(-c2ccc(-c3ccc4ccccc4c3)cc2)c2ccccc2c(-c2cccc(-c3cccc4c3oc3ccccc34)c2)/c1=C/C. The molecule has 0 unspecified atom stereocenters. The fourth-order valence-corrected chi connectivity index (χ4v) is 7.71. The molecule has 0 aliphatic carbocycles. The molecule has 0 N–H and O–H groups in total. The standard InChI is InChI=1S/C49H34O/c1-3-13-42-39(4-2)48(38-17-11-16-37(31-38)40-21-12-22-45-41-18-9-10-23-46(41)50-49(40)45)44-20-8-7-19-43(44)47(42)34-27-24-33(25-28-34)36-29-26-32-14-5-6-15-35(32)30-36/h3-31H,1H2,2H3/b39-4+,42-13+. The van der Waals surface area contributed by atoms with E-state index >= 15 is 0 Å². The first-order valence-electron chi connectivity index (χ1n) is 17.2. The Balaban J connectivity index is 1.23. The zero-order valence-corrected chi connectivity index (χ0v) is 27.9. The normalized spacial score (nSPS) is 12.4. The molecule has 0 radical (unpaired) electrons. The Bertz CT molecular complexity index is 2890. The third kappa shape index (κ3) is 4.86. The highest BCUT2D eigenvalue weighted by molar-refractivity contribution is 6.10. The van der Waals surface area contributed by atoms with Gasteiger partial charge in [-0.15, -0.1) is 0 Å². The second kappa shape index (κ2) is 12.2. The summed E-state index contributed by atoms with van der Waals surface area (Å²) in [5.41, 5.74) is 11.2. The molecule has 1 nitrogen and oxygen atoms in total. The number of hydrogen-bond acceptors (Lipinski definition) is 1. The smallest absolute Gasteiger partial charge is 0.143 e. The first kappa shape index (κ1) is 29.7. The van der Waals surface area contributed by atoms with Crippen LogP contribution in [0.3, 0.4) is 0 Å². The van der Waals surface area contributed by atoms with E-state index in [0.29, 0.717) is 0 Å². The molecule has 9 aromatic rings. The predicted molar refractivity (Wildman–Crippen MR) is 215 cm³/mol. The molecule has 8 aromatic carbocycles. The van der Waals surface area contributed by atoms with Crippen LogP contribution in [0.1, 0.15) is 6.92 Å². The van der Waals surface area contributed by atoms with Gasteiger partial charge in [0.1, 0.15) is 11.2 Å². The van der Waals surface area contributed by atoms with Gasteiger partial charge in [-0.2, -0.15) is 0 Å². The fraction of sp³-hybridized carbons (Fsp3) is 0.0204. The van der Waals surface area contributed by atoms with Crippen molar-refractivity contribution in [3.8, 4) is 44.5 Å². The van der Waals surface area contributed by atoms with Crippen LogP contribution in [0.15, 0.2) is 175 Å². The highest BCUT2D eigenvalue weighted by Crippen LogP contribution is 2.38. The number of fused-ring (bicyclic) bond motifs is 5. The lowest BCUT2D eigenvalue weighted by Gasteiger charge is -2.17. The number of allylic oxidation sites excluding steroid dienone is 1. The van der Waals surface area contributed by atoms with Gasteiger partial charge in [-0.25, -0.2) is 0 Å². The summed E-state index contributed by atoms with van der Waals surface area (Å²) in [4.78, 5) is 0. The lowest BCUT2D eigenvalue weighted by atomic mass is 9.87. The van der Waals surface area contributed by atoms with E-state index in [1.807, 2.05) is 18.2 Å². The van der Waals surface area contributed by atoms with Crippen LogP contribution in [0.2, 0.25) is 0 Å². The van der Waals surface area contributed by atoms with Crippen LogP contribution in [0.4, 0.5) is 0 Å². The van der Waals surface area contributed by atoms with Gasteiger partial charge in [-0.05, 0) is 96.0 Å². The summed E-state index contributed by atoms with van der Waals surface area (Å²) >= 11 is 0. The maximum absolute atomic E-state index is 6.45. The second-order valence-electron chi connectivity index (χ2n) is 12.8. The van der Waals surface area contributed by atoms with E-state index in [4.69, 9.17) is 4.42 Å². The summed E-state index contributed by atoms with van der Waals surface area (Å²) in [6.45, 7) is 6.29. The first-order chi connectivity index (χ1) is 24.7. The fourth-order valence-electron chi connectivity index (χ4n) is 7.71. The third-order valence-electron chi connectivity index (χ3n) is 9.99. The molecule has 1 heteroatoms. The van der Waals surface area contributed by atoms with Crippen LogP contribution in [0, 0.1) is 0 Å². The van der Waals surface area contributed by atoms with Crippen molar-refractivity contribution in [1.29, 1.82) is 0 Å². The molecule has 236 valence electrons. The van der Waals surface area contributed by atoms with E-state index in [0.717, 1.165) is 38.6 Å². The van der Waals surface area contributed by atoms with Crippen molar-refractivity contribution in [3.05, 3.63) is 181 Å². The highest BCUT2D eigenvalue weighted by Gasteiger charge is 2.17. The molecule has 0 bridgehead atoms. The van der Waals surface area contributed by atoms with Crippen LogP contribution in [0.5, 0.6) is 0 Å². The van der Waals surface area contributed by atoms with E-state index in [9.17, 15) is 0 Å². The Morgan fingerprint density at radius 3 is 1.86 bits per heavy atom. The predicted octanol–water partition coefficient (Wildman–Crippen LogP) is 12.3. The number of rotatable bonds is 5. The minimum Gasteiger partial charge on any atom is -0.455 e. The van der Waals surface area contributed by atoms with Crippen molar-refractivity contribution >= 4 is 55.6 Å². The molecule has 0 fully saturated rings. The van der Waals surface area contributed by atoms with Gasteiger partial charge < -0.3 is 4.42 Å². The maximum atomic E-state index is 6.45. The summed E-state index contributed by atoms with van der Waals surface area (Å²) in [7, 11) is 0. The number of para-hydroxylation sites is 2. The molecule has 0 saturated heterocycles. The molecule has 0 saturated carbocycles. The van der Waals surface area contributed by atoms with Gasteiger partial charge in [0.15, 0.2) is 0 Å². The van der Waals surface area contributed by atoms with Crippen LogP contribution in [0.25, 0.3) is 100 Å². The van der Waals surface area contributed by atoms with Crippen LogP contribution >= 0.6 is 0 Å². The number of furan rings is 1. The van der Waals surface area contributed by atoms with E-state index < -0.39 is 0 Å². The molecule has 0 aliphatic heterocycles. The number of benzene rings is 8. The Labute approximate surface area is 291 Å². The molecule has 9 rings (SSSR count). The molecule has 0 amide bonds. The van der Waals surface area contributed by atoms with Crippen molar-refractivity contribution < 1.29 is 4.42 Å². The van der Waals surface area contributed by atoms with Gasteiger partial charge in [0, 0.05) is 16.3 Å². The maximum Gasteiger partial charge on any atom is 0.143 e. The molecule has 0 spiro atoms. The average Bonchev–Trinajstić information content (AvgIpc) is 3.56. The van der Waals surface area contributed by atoms with Gasteiger partial charge >= 0.3 is 0 Å². The van der Waals surface area contributed by atoms with E-state index in [1.54, 1.807) is 0 Å². The topological polar surface area (TPSA) is 13.1 Å². The van der Waals surface area contributed by atoms with Crippen molar-refractivity contribution in [3.63, 3.8) is 0 Å². The Morgan fingerprint density at radius 2 is 1.08 bits per heavy atom. The minimum absolute atomic E-state index is 0.908. The van der Waals surface area contributed by atoms with Crippen molar-refractivity contribution in [1.82, 2.24) is 0 Å². The lowest BCUT2D eigenvalue weighted by Crippen LogP contribution is -2.29. The highest BCUT2D eigenvalue weighted by atomic mass is 16.3. The molecule has 0 aliphatic rings. The van der Waals surface area contributed by atoms with Crippen molar-refractivity contribution in [2.45, 2.75) is 6.92 Å². The van der Waals surface area contributed by atoms with E-state index in [-0.39, 0.29) is 0 Å². The van der Waals surface area contributed by atoms with Gasteiger partial charge in [0.05, 0.1) is 0 Å². The molecule has 0 atom stereocenters. The quantitative estimate of drug-likeness (QED) is 0.183. The zero-order valence-electron chi connectivity index (χ0n) is 27.9. The van der Waals surface area contributed by atoms with Crippen LogP contribution < -0.4 is 10.4 Å². The summed E-state index contributed by atoms with van der Waals surface area (Å²) in [6.07, 6.45) is 6.32. The molecule has 1 heterocycles. The number of hydrogen-bond donors (Lipinski definition) is 0. The van der Waals surface area contributed by atoms with Crippen molar-refractivity contribution in [2.75, 3.05) is 0 Å².